The number of aliphatic hydroxyl groups excluding tert-OH is 1. The average Bonchev–Trinajstić information content (AvgIpc) is 2.66. The molecule has 0 saturated heterocycles. The molecule has 128 valence electrons. The van der Waals surface area contributed by atoms with Crippen LogP contribution >= 0.6 is 0 Å². The van der Waals surface area contributed by atoms with Gasteiger partial charge in [0.15, 0.2) is 0 Å². The van der Waals surface area contributed by atoms with Gasteiger partial charge in [0.05, 0.1) is 11.6 Å². The predicted octanol–water partition coefficient (Wildman–Crippen LogP) is 3.85. The number of carbonyl (C=O) groups excluding carboxylic acids is 2. The number of hydrogen-bond acceptors (Lipinski definition) is 4. The summed E-state index contributed by atoms with van der Waals surface area (Å²) in [5.74, 6) is -1.33. The molecular formula is C21H21NO3. The average molecular weight is 335 g/mol. The van der Waals surface area contributed by atoms with Crippen molar-refractivity contribution in [3.63, 3.8) is 0 Å². The van der Waals surface area contributed by atoms with Crippen LogP contribution in [-0.2, 0) is 4.79 Å². The first kappa shape index (κ1) is 17.1. The van der Waals surface area contributed by atoms with Crippen molar-refractivity contribution in [1.82, 2.24) is 5.32 Å². The third-order valence-electron chi connectivity index (χ3n) is 4.43. The van der Waals surface area contributed by atoms with Crippen LogP contribution in [0.1, 0.15) is 47.3 Å². The minimum atomic E-state index is -0.644. The van der Waals surface area contributed by atoms with E-state index in [9.17, 15) is 14.7 Å². The molecule has 4 heteroatoms. The zero-order valence-corrected chi connectivity index (χ0v) is 14.2. The lowest BCUT2D eigenvalue weighted by molar-refractivity contribution is -0.112. The molecule has 0 bridgehead atoms. The van der Waals surface area contributed by atoms with Crippen molar-refractivity contribution < 1.29 is 14.7 Å². The van der Waals surface area contributed by atoms with E-state index in [1.165, 1.54) is 0 Å². The van der Waals surface area contributed by atoms with Crippen molar-refractivity contribution in [2.45, 2.75) is 25.8 Å². The fourth-order valence-electron chi connectivity index (χ4n) is 3.11. The van der Waals surface area contributed by atoms with E-state index in [4.69, 9.17) is 0 Å². The summed E-state index contributed by atoms with van der Waals surface area (Å²) in [6.45, 7) is 2.78. The molecule has 0 heterocycles. The molecule has 0 saturated carbocycles. The fourth-order valence-corrected chi connectivity index (χ4v) is 3.11. The highest BCUT2D eigenvalue weighted by atomic mass is 16.3. The van der Waals surface area contributed by atoms with Crippen molar-refractivity contribution in [2.75, 3.05) is 6.54 Å². The SMILES string of the molecule is CCCCNC(C1=C(O)c2ccccc2C(=O)C1=O)c1ccccc1. The summed E-state index contributed by atoms with van der Waals surface area (Å²) >= 11 is 0. The Morgan fingerprint density at radius 1 is 0.920 bits per heavy atom. The van der Waals surface area contributed by atoms with Gasteiger partial charge in [0.2, 0.25) is 11.6 Å². The van der Waals surface area contributed by atoms with Crippen molar-refractivity contribution in [1.29, 1.82) is 0 Å². The van der Waals surface area contributed by atoms with Crippen molar-refractivity contribution in [2.24, 2.45) is 0 Å². The van der Waals surface area contributed by atoms with E-state index in [2.05, 4.69) is 12.2 Å². The molecule has 1 atom stereocenters. The summed E-state index contributed by atoms with van der Waals surface area (Å²) in [7, 11) is 0. The van der Waals surface area contributed by atoms with Crippen LogP contribution in [-0.4, -0.2) is 23.2 Å². The van der Waals surface area contributed by atoms with E-state index < -0.39 is 17.6 Å². The van der Waals surface area contributed by atoms with Crippen molar-refractivity contribution in [3.05, 3.63) is 76.9 Å². The molecule has 2 aromatic rings. The molecule has 0 spiro atoms. The second-order valence-corrected chi connectivity index (χ2v) is 6.12. The molecule has 0 aromatic heterocycles. The first-order valence-corrected chi connectivity index (χ1v) is 8.55. The Labute approximate surface area is 147 Å². The van der Waals surface area contributed by atoms with E-state index in [0.717, 1.165) is 18.4 Å². The highest BCUT2D eigenvalue weighted by Gasteiger charge is 2.37. The minimum absolute atomic E-state index is 0.113. The van der Waals surface area contributed by atoms with Crippen LogP contribution in [0.5, 0.6) is 0 Å². The number of hydrogen-bond donors (Lipinski definition) is 2. The second-order valence-electron chi connectivity index (χ2n) is 6.12. The van der Waals surface area contributed by atoms with E-state index in [0.29, 0.717) is 12.1 Å². The zero-order chi connectivity index (χ0) is 17.8. The van der Waals surface area contributed by atoms with Gasteiger partial charge in [0, 0.05) is 11.1 Å². The largest absolute Gasteiger partial charge is 0.507 e. The van der Waals surface area contributed by atoms with Gasteiger partial charge in [-0.2, -0.15) is 0 Å². The molecular weight excluding hydrogens is 314 g/mol. The number of aliphatic hydroxyl groups is 1. The molecule has 2 aromatic carbocycles. The first-order valence-electron chi connectivity index (χ1n) is 8.55. The van der Waals surface area contributed by atoms with Crippen LogP contribution in [0.15, 0.2) is 60.2 Å². The molecule has 1 unspecified atom stereocenters. The van der Waals surface area contributed by atoms with Gasteiger partial charge in [-0.15, -0.1) is 0 Å². The van der Waals surface area contributed by atoms with Crippen molar-refractivity contribution >= 4 is 17.3 Å². The van der Waals surface area contributed by atoms with Crippen molar-refractivity contribution in [3.8, 4) is 0 Å². The lowest BCUT2D eigenvalue weighted by atomic mass is 9.83. The van der Waals surface area contributed by atoms with E-state index >= 15 is 0 Å². The Bertz CT molecular complexity index is 824. The van der Waals surface area contributed by atoms with Crippen LogP contribution in [0.4, 0.5) is 0 Å². The molecule has 0 amide bonds. The summed E-state index contributed by atoms with van der Waals surface area (Å²) in [6, 6.07) is 15.6. The van der Waals surface area contributed by atoms with Crippen LogP contribution in [0.25, 0.3) is 5.76 Å². The number of rotatable bonds is 6. The minimum Gasteiger partial charge on any atom is -0.507 e. The molecule has 2 N–H and O–H groups in total. The topological polar surface area (TPSA) is 66.4 Å². The van der Waals surface area contributed by atoms with Gasteiger partial charge in [-0.3, -0.25) is 9.59 Å². The predicted molar refractivity (Wildman–Crippen MR) is 97.4 cm³/mol. The van der Waals surface area contributed by atoms with Gasteiger partial charge in [0.1, 0.15) is 5.76 Å². The molecule has 0 aliphatic heterocycles. The van der Waals surface area contributed by atoms with Gasteiger partial charge in [-0.05, 0) is 18.5 Å². The Balaban J connectivity index is 2.11. The number of Topliss-reactive ketones (excluding diaryl/α,β-unsaturated/α-hetero) is 2. The summed E-state index contributed by atoms with van der Waals surface area (Å²) in [6.07, 6.45) is 1.95. The standard InChI is InChI=1S/C21H21NO3/c1-2-3-13-22-18(14-9-5-4-6-10-14)17-19(23)15-11-7-8-12-16(15)20(24)21(17)25/h4-12,18,22-23H,2-3,13H2,1H3. The molecule has 1 aliphatic rings. The molecule has 1 aliphatic carbocycles. The normalized spacial score (nSPS) is 15.2. The summed E-state index contributed by atoms with van der Waals surface area (Å²) in [5.41, 5.74) is 1.65. The summed E-state index contributed by atoms with van der Waals surface area (Å²) in [5, 5.41) is 14.1. The maximum Gasteiger partial charge on any atom is 0.235 e. The maximum atomic E-state index is 12.7. The van der Waals surface area contributed by atoms with E-state index in [1.54, 1.807) is 24.3 Å². The lowest BCUT2D eigenvalue weighted by Gasteiger charge is -2.26. The Morgan fingerprint density at radius 3 is 2.24 bits per heavy atom. The number of carbonyl (C=O) groups is 2. The van der Waals surface area contributed by atoms with E-state index in [1.807, 2.05) is 30.3 Å². The highest BCUT2D eigenvalue weighted by molar-refractivity contribution is 6.52. The number of ketones is 2. The number of fused-ring (bicyclic) bond motifs is 1. The Morgan fingerprint density at radius 2 is 1.56 bits per heavy atom. The van der Waals surface area contributed by atoms with Gasteiger partial charge < -0.3 is 10.4 Å². The first-order chi connectivity index (χ1) is 12.1. The molecule has 0 fully saturated rings. The third-order valence-corrected chi connectivity index (χ3v) is 4.43. The number of benzene rings is 2. The quantitative estimate of drug-likeness (QED) is 0.621. The monoisotopic (exact) mass is 335 g/mol. The smallest absolute Gasteiger partial charge is 0.235 e. The molecule has 4 nitrogen and oxygen atoms in total. The number of unbranched alkanes of at least 4 members (excludes halogenated alkanes) is 1. The van der Waals surface area contributed by atoms with Crippen LogP contribution in [0, 0.1) is 0 Å². The van der Waals surface area contributed by atoms with Gasteiger partial charge >= 0.3 is 0 Å². The van der Waals surface area contributed by atoms with Gasteiger partial charge in [-0.1, -0.05) is 67.9 Å². The Hall–Kier alpha value is -2.72. The molecule has 0 radical (unpaired) electrons. The Kier molecular flexibility index (Phi) is 5.10. The maximum absolute atomic E-state index is 12.7. The molecule has 25 heavy (non-hydrogen) atoms. The number of nitrogens with one attached hydrogen (secondary N) is 1. The highest BCUT2D eigenvalue weighted by Crippen LogP contribution is 2.34. The fraction of sp³-hybridized carbons (Fsp3) is 0.238. The molecule has 3 rings (SSSR count). The third kappa shape index (κ3) is 3.26. The van der Waals surface area contributed by atoms with Gasteiger partial charge in [0.25, 0.3) is 0 Å². The zero-order valence-electron chi connectivity index (χ0n) is 14.2. The lowest BCUT2D eigenvalue weighted by Crippen LogP contribution is -2.34. The van der Waals surface area contributed by atoms with Crippen LogP contribution in [0.3, 0.4) is 0 Å². The van der Waals surface area contributed by atoms with Crippen LogP contribution < -0.4 is 5.32 Å². The van der Waals surface area contributed by atoms with Crippen LogP contribution in [0.2, 0.25) is 0 Å². The summed E-state index contributed by atoms with van der Waals surface area (Å²) in [4.78, 5) is 25.3. The second kappa shape index (κ2) is 7.45. The van der Waals surface area contributed by atoms with E-state index in [-0.39, 0.29) is 16.9 Å². The van der Waals surface area contributed by atoms with Gasteiger partial charge in [-0.25, -0.2) is 0 Å². The summed E-state index contributed by atoms with van der Waals surface area (Å²) < 4.78 is 0.